The zero-order valence-electron chi connectivity index (χ0n) is 8.64. The summed E-state index contributed by atoms with van der Waals surface area (Å²) in [7, 11) is 0. The molecule has 3 N–H and O–H groups in total. The molecule has 16 heavy (non-hydrogen) atoms. The smallest absolute Gasteiger partial charge is 0.322 e. The Morgan fingerprint density at radius 1 is 1.31 bits per heavy atom. The van der Waals surface area contributed by atoms with Gasteiger partial charge in [-0.3, -0.25) is 9.59 Å². The van der Waals surface area contributed by atoms with Crippen molar-refractivity contribution in [3.05, 3.63) is 29.8 Å². The van der Waals surface area contributed by atoms with Crippen molar-refractivity contribution >= 4 is 11.9 Å². The van der Waals surface area contributed by atoms with Gasteiger partial charge in [0.1, 0.15) is 12.3 Å². The van der Waals surface area contributed by atoms with Crippen LogP contribution in [0, 0.1) is 0 Å². The summed E-state index contributed by atoms with van der Waals surface area (Å²) in [5, 5.41) is 19.8. The Morgan fingerprint density at radius 3 is 2.69 bits per heavy atom. The molecular weight excluding hydrogens is 210 g/mol. The summed E-state index contributed by atoms with van der Waals surface area (Å²) in [6.45, 7) is -0.362. The van der Waals surface area contributed by atoms with Crippen LogP contribution in [0.15, 0.2) is 24.3 Å². The molecule has 86 valence electrons. The van der Waals surface area contributed by atoms with Gasteiger partial charge < -0.3 is 15.5 Å². The monoisotopic (exact) mass is 223 g/mol. The Bertz CT molecular complexity index is 389. The first kappa shape index (κ1) is 12.0. The van der Waals surface area contributed by atoms with Crippen molar-refractivity contribution in [2.24, 2.45) is 0 Å². The molecule has 0 fully saturated rings. The third kappa shape index (κ3) is 4.45. The molecule has 0 aliphatic rings. The maximum absolute atomic E-state index is 11.2. The van der Waals surface area contributed by atoms with E-state index in [1.165, 1.54) is 0 Å². The molecule has 1 aromatic rings. The van der Waals surface area contributed by atoms with Gasteiger partial charge in [-0.05, 0) is 24.1 Å². The number of carboxylic acids is 1. The van der Waals surface area contributed by atoms with E-state index < -0.39 is 5.97 Å². The average Bonchev–Trinajstić information content (AvgIpc) is 2.23. The van der Waals surface area contributed by atoms with E-state index in [1.54, 1.807) is 24.3 Å². The van der Waals surface area contributed by atoms with Gasteiger partial charge in [-0.2, -0.15) is 0 Å². The molecular formula is C11H13NO4. The van der Waals surface area contributed by atoms with Crippen LogP contribution >= 0.6 is 0 Å². The normalized spacial score (nSPS) is 9.75. The second-order valence-electron chi connectivity index (χ2n) is 3.34. The Labute approximate surface area is 92.7 Å². The van der Waals surface area contributed by atoms with Crippen LogP contribution in [-0.4, -0.2) is 28.6 Å². The third-order valence-electron chi connectivity index (χ3n) is 1.99. The van der Waals surface area contributed by atoms with E-state index in [4.69, 9.17) is 5.11 Å². The maximum Gasteiger partial charge on any atom is 0.322 e. The van der Waals surface area contributed by atoms with Crippen LogP contribution in [-0.2, 0) is 16.0 Å². The fourth-order valence-corrected chi connectivity index (χ4v) is 1.23. The fourth-order valence-electron chi connectivity index (χ4n) is 1.23. The lowest BCUT2D eigenvalue weighted by Crippen LogP contribution is -2.29. The second-order valence-corrected chi connectivity index (χ2v) is 3.34. The molecule has 0 atom stereocenters. The van der Waals surface area contributed by atoms with Crippen LogP contribution in [0.25, 0.3) is 0 Å². The number of aliphatic carboxylic acids is 1. The zero-order chi connectivity index (χ0) is 12.0. The van der Waals surface area contributed by atoms with E-state index in [1.807, 2.05) is 0 Å². The van der Waals surface area contributed by atoms with Crippen LogP contribution in [0.1, 0.15) is 12.0 Å². The molecule has 5 nitrogen and oxygen atoms in total. The number of carboxylic acid groups (broad SMARTS) is 1. The van der Waals surface area contributed by atoms with Gasteiger partial charge in [-0.1, -0.05) is 12.1 Å². The minimum atomic E-state index is -1.06. The number of amides is 1. The van der Waals surface area contributed by atoms with Crippen molar-refractivity contribution in [1.82, 2.24) is 5.32 Å². The Hall–Kier alpha value is -2.04. The summed E-state index contributed by atoms with van der Waals surface area (Å²) >= 11 is 0. The maximum atomic E-state index is 11.2. The van der Waals surface area contributed by atoms with E-state index in [-0.39, 0.29) is 24.6 Å². The summed E-state index contributed by atoms with van der Waals surface area (Å²) in [5.74, 6) is -1.22. The Kier molecular flexibility index (Phi) is 4.32. The highest BCUT2D eigenvalue weighted by molar-refractivity contribution is 5.81. The van der Waals surface area contributed by atoms with Crippen LogP contribution in [0.2, 0.25) is 0 Å². The first-order valence-electron chi connectivity index (χ1n) is 4.84. The summed E-state index contributed by atoms with van der Waals surface area (Å²) in [5.41, 5.74) is 0.838. The number of nitrogens with one attached hydrogen (secondary N) is 1. The van der Waals surface area contributed by atoms with E-state index in [0.717, 1.165) is 5.56 Å². The van der Waals surface area contributed by atoms with Crippen molar-refractivity contribution in [2.45, 2.75) is 12.8 Å². The molecule has 0 saturated carbocycles. The highest BCUT2D eigenvalue weighted by Crippen LogP contribution is 2.12. The number of hydrogen-bond acceptors (Lipinski definition) is 3. The van der Waals surface area contributed by atoms with Crippen LogP contribution in [0.4, 0.5) is 0 Å². The molecule has 5 heteroatoms. The Morgan fingerprint density at radius 2 is 2.06 bits per heavy atom. The minimum Gasteiger partial charge on any atom is -0.508 e. The lowest BCUT2D eigenvalue weighted by atomic mass is 10.1. The van der Waals surface area contributed by atoms with Crippen molar-refractivity contribution in [2.75, 3.05) is 6.54 Å². The SMILES string of the molecule is O=C(O)CNC(=O)CCc1cccc(O)c1. The lowest BCUT2D eigenvalue weighted by molar-refractivity contribution is -0.137. The number of carbonyl (C=O) groups is 2. The molecule has 1 aromatic carbocycles. The number of aryl methyl sites for hydroxylation is 1. The van der Waals surface area contributed by atoms with Crippen molar-refractivity contribution in [3.63, 3.8) is 0 Å². The topological polar surface area (TPSA) is 86.6 Å². The van der Waals surface area contributed by atoms with Crippen LogP contribution < -0.4 is 5.32 Å². The van der Waals surface area contributed by atoms with E-state index in [0.29, 0.717) is 6.42 Å². The lowest BCUT2D eigenvalue weighted by Gasteiger charge is -2.03. The summed E-state index contributed by atoms with van der Waals surface area (Å²) in [6.07, 6.45) is 0.677. The minimum absolute atomic E-state index is 0.156. The van der Waals surface area contributed by atoms with Crippen molar-refractivity contribution < 1.29 is 19.8 Å². The third-order valence-corrected chi connectivity index (χ3v) is 1.99. The average molecular weight is 223 g/mol. The van der Waals surface area contributed by atoms with Gasteiger partial charge >= 0.3 is 5.97 Å². The number of hydrogen-bond donors (Lipinski definition) is 3. The summed E-state index contributed by atoms with van der Waals surface area (Å²) in [4.78, 5) is 21.3. The molecule has 0 aromatic heterocycles. The van der Waals surface area contributed by atoms with E-state index in [2.05, 4.69) is 5.32 Å². The molecule has 0 aliphatic heterocycles. The van der Waals surface area contributed by atoms with Gasteiger partial charge in [-0.15, -0.1) is 0 Å². The van der Waals surface area contributed by atoms with E-state index >= 15 is 0 Å². The highest BCUT2D eigenvalue weighted by Gasteiger charge is 2.04. The number of aromatic hydroxyl groups is 1. The summed E-state index contributed by atoms with van der Waals surface area (Å²) < 4.78 is 0. The molecule has 0 bridgehead atoms. The number of carbonyl (C=O) groups excluding carboxylic acids is 1. The molecule has 0 spiro atoms. The summed E-state index contributed by atoms with van der Waals surface area (Å²) in [6, 6.07) is 6.61. The first-order valence-corrected chi connectivity index (χ1v) is 4.84. The molecule has 1 amide bonds. The first-order chi connectivity index (χ1) is 7.58. The highest BCUT2D eigenvalue weighted by atomic mass is 16.4. The zero-order valence-corrected chi connectivity index (χ0v) is 8.64. The van der Waals surface area contributed by atoms with Gasteiger partial charge in [0, 0.05) is 6.42 Å². The van der Waals surface area contributed by atoms with Gasteiger partial charge in [0.05, 0.1) is 0 Å². The molecule has 0 radical (unpaired) electrons. The number of rotatable bonds is 5. The molecule has 1 rings (SSSR count). The largest absolute Gasteiger partial charge is 0.508 e. The van der Waals surface area contributed by atoms with Crippen LogP contribution in [0.5, 0.6) is 5.75 Å². The number of phenolic OH excluding ortho intramolecular Hbond substituents is 1. The van der Waals surface area contributed by atoms with Crippen molar-refractivity contribution in [1.29, 1.82) is 0 Å². The van der Waals surface area contributed by atoms with Gasteiger partial charge in [0.15, 0.2) is 0 Å². The predicted octanol–water partition coefficient (Wildman–Crippen LogP) is 0.526. The van der Waals surface area contributed by atoms with Crippen LogP contribution in [0.3, 0.4) is 0 Å². The van der Waals surface area contributed by atoms with Crippen molar-refractivity contribution in [3.8, 4) is 5.75 Å². The standard InChI is InChI=1S/C11H13NO4/c13-9-3-1-2-8(6-9)4-5-10(14)12-7-11(15)16/h1-3,6,13H,4-5,7H2,(H,12,14)(H,15,16). The second kappa shape index (κ2) is 5.75. The molecule has 0 unspecified atom stereocenters. The molecule has 0 heterocycles. The predicted molar refractivity (Wildman–Crippen MR) is 57.1 cm³/mol. The molecule has 0 aliphatic carbocycles. The Balaban J connectivity index is 2.34. The number of phenols is 1. The molecule has 0 saturated heterocycles. The number of benzene rings is 1. The van der Waals surface area contributed by atoms with Gasteiger partial charge in [-0.25, -0.2) is 0 Å². The van der Waals surface area contributed by atoms with Gasteiger partial charge in [0.2, 0.25) is 5.91 Å². The quantitative estimate of drug-likeness (QED) is 0.679. The van der Waals surface area contributed by atoms with Gasteiger partial charge in [0.25, 0.3) is 0 Å². The van der Waals surface area contributed by atoms with E-state index in [9.17, 15) is 14.7 Å². The fraction of sp³-hybridized carbons (Fsp3) is 0.273.